The van der Waals surface area contributed by atoms with Crippen LogP contribution in [0.2, 0.25) is 0 Å². The molecule has 2 N–H and O–H groups in total. The minimum Gasteiger partial charge on any atom is -0.463 e. The number of amides is 3. The zero-order chi connectivity index (χ0) is 22.5. The molecule has 1 unspecified atom stereocenters. The van der Waals surface area contributed by atoms with E-state index in [1.54, 1.807) is 56.9 Å². The Labute approximate surface area is 182 Å². The molecule has 0 saturated heterocycles. The summed E-state index contributed by atoms with van der Waals surface area (Å²) >= 11 is 5.89. The van der Waals surface area contributed by atoms with E-state index in [2.05, 4.69) is 10.6 Å². The van der Waals surface area contributed by atoms with Gasteiger partial charge in [-0.2, -0.15) is 0 Å². The van der Waals surface area contributed by atoms with Gasteiger partial charge in [0.1, 0.15) is 0 Å². The molecule has 1 aliphatic heterocycles. The maximum Gasteiger partial charge on any atom is 0.338 e. The number of rotatable bonds is 8. The Morgan fingerprint density at radius 3 is 2.60 bits per heavy atom. The van der Waals surface area contributed by atoms with Crippen LogP contribution in [0.5, 0.6) is 0 Å². The average Bonchev–Trinajstić information content (AvgIpc) is 2.70. The van der Waals surface area contributed by atoms with E-state index in [1.807, 2.05) is 6.92 Å². The molecule has 1 heterocycles. The quantitative estimate of drug-likeness (QED) is 0.473. The Morgan fingerprint density at radius 2 is 2.00 bits per heavy atom. The van der Waals surface area contributed by atoms with Gasteiger partial charge >= 0.3 is 12.0 Å². The van der Waals surface area contributed by atoms with Gasteiger partial charge in [0.05, 0.1) is 23.6 Å². The van der Waals surface area contributed by atoms with E-state index in [0.717, 1.165) is 6.42 Å². The lowest BCUT2D eigenvalue weighted by Gasteiger charge is -2.35. The fourth-order valence-corrected chi connectivity index (χ4v) is 3.28. The molecule has 0 radical (unpaired) electrons. The summed E-state index contributed by atoms with van der Waals surface area (Å²) in [6.07, 6.45) is 0.753. The normalized spacial score (nSPS) is 16.9. The summed E-state index contributed by atoms with van der Waals surface area (Å²) in [5, 5.41) is 5.76. The number of nitrogens with zero attached hydrogens (tertiary/aromatic N) is 1. The van der Waals surface area contributed by atoms with E-state index in [4.69, 9.17) is 16.3 Å². The van der Waals surface area contributed by atoms with E-state index >= 15 is 0 Å². The number of nitrogens with one attached hydrogen (secondary N) is 2. The first kappa shape index (κ1) is 23.7. The number of urea groups is 1. The summed E-state index contributed by atoms with van der Waals surface area (Å²) < 4.78 is 5.26. The minimum absolute atomic E-state index is 0.180. The van der Waals surface area contributed by atoms with Gasteiger partial charge in [-0.25, -0.2) is 9.59 Å². The number of carbonyl (C=O) groups excluding carboxylic acids is 3. The smallest absolute Gasteiger partial charge is 0.338 e. The van der Waals surface area contributed by atoms with Crippen LogP contribution in [0.3, 0.4) is 0 Å². The Balaban J connectivity index is 2.44. The fourth-order valence-electron chi connectivity index (χ4n) is 3.15. The highest BCUT2D eigenvalue weighted by molar-refractivity contribution is 6.20. The van der Waals surface area contributed by atoms with Crippen molar-refractivity contribution in [3.05, 3.63) is 41.1 Å². The van der Waals surface area contributed by atoms with Gasteiger partial charge in [-0.15, -0.1) is 11.6 Å². The van der Waals surface area contributed by atoms with Gasteiger partial charge in [-0.3, -0.25) is 9.69 Å². The predicted molar refractivity (Wildman–Crippen MR) is 117 cm³/mol. The van der Waals surface area contributed by atoms with Crippen LogP contribution < -0.4 is 10.6 Å². The van der Waals surface area contributed by atoms with Gasteiger partial charge in [0, 0.05) is 23.8 Å². The first-order valence-corrected chi connectivity index (χ1v) is 10.6. The maximum atomic E-state index is 12.7. The second-order valence-electron chi connectivity index (χ2n) is 7.85. The van der Waals surface area contributed by atoms with Crippen LogP contribution in [0, 0.1) is 5.41 Å². The Kier molecular flexibility index (Phi) is 7.89. The van der Waals surface area contributed by atoms with Crippen molar-refractivity contribution in [2.75, 3.05) is 24.3 Å². The average molecular weight is 436 g/mol. The van der Waals surface area contributed by atoms with Crippen LogP contribution in [0.15, 0.2) is 35.5 Å². The first-order chi connectivity index (χ1) is 14.2. The number of hydrogen-bond donors (Lipinski definition) is 2. The Bertz CT molecular complexity index is 851. The second-order valence-corrected chi connectivity index (χ2v) is 8.12. The highest BCUT2D eigenvalue weighted by Gasteiger charge is 2.36. The number of carbonyl (C=O) groups is 3. The Hall–Kier alpha value is -2.54. The third kappa shape index (κ3) is 5.14. The number of esters is 1. The molecule has 2 rings (SSSR count). The summed E-state index contributed by atoms with van der Waals surface area (Å²) in [5.41, 5.74) is 1.45. The first-order valence-electron chi connectivity index (χ1n) is 10.1. The highest BCUT2D eigenvalue weighted by atomic mass is 35.5. The summed E-state index contributed by atoms with van der Waals surface area (Å²) in [5.74, 6) is -0.507. The molecule has 1 atom stereocenters. The van der Waals surface area contributed by atoms with Gasteiger partial charge in [0.15, 0.2) is 0 Å². The molecule has 8 heteroatoms. The van der Waals surface area contributed by atoms with Crippen molar-refractivity contribution in [1.82, 2.24) is 10.2 Å². The molecule has 0 spiro atoms. The number of halogens is 1. The number of allylic oxidation sites excluding steroid dienone is 1. The lowest BCUT2D eigenvalue weighted by molar-refractivity contribution is -0.139. The monoisotopic (exact) mass is 435 g/mol. The van der Waals surface area contributed by atoms with Gasteiger partial charge in [0.2, 0.25) is 5.91 Å². The van der Waals surface area contributed by atoms with Crippen LogP contribution in [-0.4, -0.2) is 41.8 Å². The molecule has 30 heavy (non-hydrogen) atoms. The molecular formula is C22H30ClN3O4. The molecule has 7 nitrogen and oxygen atoms in total. The molecule has 0 saturated carbocycles. The van der Waals surface area contributed by atoms with E-state index in [0.29, 0.717) is 29.1 Å². The van der Waals surface area contributed by atoms with Crippen LogP contribution in [-0.2, 0) is 14.3 Å². The van der Waals surface area contributed by atoms with Gasteiger partial charge in [0.25, 0.3) is 0 Å². The minimum atomic E-state index is -0.732. The van der Waals surface area contributed by atoms with Crippen LogP contribution in [0.25, 0.3) is 0 Å². The summed E-state index contributed by atoms with van der Waals surface area (Å²) in [6, 6.07) is 6.11. The van der Waals surface area contributed by atoms with Crippen molar-refractivity contribution in [1.29, 1.82) is 0 Å². The lowest BCUT2D eigenvalue weighted by atomic mass is 9.93. The molecule has 1 aromatic carbocycles. The summed E-state index contributed by atoms with van der Waals surface area (Å²) in [4.78, 5) is 39.4. The van der Waals surface area contributed by atoms with E-state index in [-0.39, 0.29) is 24.4 Å². The predicted octanol–water partition coefficient (Wildman–Crippen LogP) is 4.20. The van der Waals surface area contributed by atoms with Crippen molar-refractivity contribution in [3.63, 3.8) is 0 Å². The lowest BCUT2D eigenvalue weighted by Crippen LogP contribution is -2.48. The largest absolute Gasteiger partial charge is 0.463 e. The molecule has 0 fully saturated rings. The van der Waals surface area contributed by atoms with Gasteiger partial charge < -0.3 is 15.4 Å². The molecule has 0 bridgehead atoms. The zero-order valence-corrected chi connectivity index (χ0v) is 18.9. The SMILES string of the molecule is CCCN1C(=O)NC(c2cccc(NC(=O)C(C)(C)CCl)c2)C(C(=O)OCC)=C1C. The van der Waals surface area contributed by atoms with Gasteiger partial charge in [-0.05, 0) is 51.8 Å². The van der Waals surface area contributed by atoms with Crippen molar-refractivity contribution < 1.29 is 19.1 Å². The van der Waals surface area contributed by atoms with Crippen LogP contribution in [0.4, 0.5) is 10.5 Å². The fraction of sp³-hybridized carbons (Fsp3) is 0.500. The zero-order valence-electron chi connectivity index (χ0n) is 18.2. The molecule has 0 aromatic heterocycles. The maximum absolute atomic E-state index is 12.7. The van der Waals surface area contributed by atoms with E-state index in [9.17, 15) is 14.4 Å². The molecule has 1 aromatic rings. The summed E-state index contributed by atoms with van der Waals surface area (Å²) in [6.45, 7) is 9.70. The topological polar surface area (TPSA) is 87.7 Å². The molecule has 1 aliphatic rings. The molecule has 3 amide bonds. The third-order valence-electron chi connectivity index (χ3n) is 4.97. The van der Waals surface area contributed by atoms with Crippen molar-refractivity contribution >= 4 is 35.2 Å². The number of ether oxygens (including phenoxy) is 1. The van der Waals surface area contributed by atoms with Gasteiger partial charge in [-0.1, -0.05) is 19.1 Å². The molecule has 164 valence electrons. The summed E-state index contributed by atoms with van der Waals surface area (Å²) in [7, 11) is 0. The number of hydrogen-bond acceptors (Lipinski definition) is 4. The number of alkyl halides is 1. The van der Waals surface area contributed by atoms with Crippen molar-refractivity contribution in [2.45, 2.75) is 47.1 Å². The number of anilines is 1. The molecule has 0 aliphatic carbocycles. The number of benzene rings is 1. The Morgan fingerprint density at radius 1 is 1.30 bits per heavy atom. The second kappa shape index (κ2) is 9.98. The van der Waals surface area contributed by atoms with Crippen LogP contribution >= 0.6 is 11.6 Å². The van der Waals surface area contributed by atoms with E-state index in [1.165, 1.54) is 0 Å². The van der Waals surface area contributed by atoms with E-state index < -0.39 is 17.4 Å². The van der Waals surface area contributed by atoms with Crippen LogP contribution in [0.1, 0.15) is 52.6 Å². The standard InChI is InChI=1S/C22H30ClN3O4/c1-6-11-26-14(3)17(19(27)30-7-2)18(25-21(26)29)15-9-8-10-16(12-15)24-20(28)22(4,5)13-23/h8-10,12,18H,6-7,11,13H2,1-5H3,(H,24,28)(H,25,29). The highest BCUT2D eigenvalue weighted by Crippen LogP contribution is 2.33. The van der Waals surface area contributed by atoms with Crippen molar-refractivity contribution in [3.8, 4) is 0 Å². The van der Waals surface area contributed by atoms with Crippen molar-refractivity contribution in [2.24, 2.45) is 5.41 Å². The third-order valence-corrected chi connectivity index (χ3v) is 5.63. The molecular weight excluding hydrogens is 406 g/mol.